The number of hydrogen-bond donors (Lipinski definition) is 4. The Bertz CT molecular complexity index is 1650. The molecule has 0 bridgehead atoms. The van der Waals surface area contributed by atoms with Crippen LogP contribution < -0.4 is 14.8 Å². The van der Waals surface area contributed by atoms with E-state index in [1.165, 1.54) is 19.1 Å². The Labute approximate surface area is 329 Å². The van der Waals surface area contributed by atoms with Crippen LogP contribution >= 0.6 is 0 Å². The Balaban J connectivity index is 1.67. The molecule has 14 heteroatoms. The van der Waals surface area contributed by atoms with Gasteiger partial charge in [-0.3, -0.25) is 4.90 Å². The second-order valence-electron chi connectivity index (χ2n) is 14.2. The van der Waals surface area contributed by atoms with Crippen molar-refractivity contribution in [3.05, 3.63) is 84.0 Å². The summed E-state index contributed by atoms with van der Waals surface area (Å²) in [6.45, 7) is 4.58. The van der Waals surface area contributed by atoms with Crippen molar-refractivity contribution in [3.63, 3.8) is 0 Å². The number of fused-ring (bicyclic) bond motifs is 2. The number of unbranched alkanes of at least 4 members (excludes halogenated alkanes) is 2. The molecule has 2 aromatic rings. The number of methoxy groups -OCH3 is 1. The van der Waals surface area contributed by atoms with Gasteiger partial charge in [-0.15, -0.1) is 6.58 Å². The molecule has 2 aromatic carbocycles. The Morgan fingerprint density at radius 1 is 1.02 bits per heavy atom. The van der Waals surface area contributed by atoms with Crippen LogP contribution in [0.25, 0.3) is 0 Å². The summed E-state index contributed by atoms with van der Waals surface area (Å²) in [5.41, 5.74) is 3.22. The number of allylic oxidation sites excluding steroid dienone is 1. The monoisotopic (exact) mass is 779 g/mol. The van der Waals surface area contributed by atoms with Crippen LogP contribution in [0.1, 0.15) is 62.0 Å². The molecule has 14 nitrogen and oxygen atoms in total. The minimum Gasteiger partial charge on any atom is -0.459 e. The van der Waals surface area contributed by atoms with Gasteiger partial charge in [-0.2, -0.15) is 0 Å². The maximum absolute atomic E-state index is 13.7. The van der Waals surface area contributed by atoms with Gasteiger partial charge in [0.15, 0.2) is 0 Å². The van der Waals surface area contributed by atoms with Crippen LogP contribution in [0.5, 0.6) is 11.5 Å². The standard InChI is InChI=1S/C42H57N3O11/c1-4-22-54-42-37(45(41(50)51-2)18-23-53-24-21-48)27-35(44-52-3)33-25-30(14-8-10-19-46)32(15-9-11-20-47)38(39(33)42)34-26-31(16-17-36(34)56-42)55-40(49)43-28-29-12-6-5-7-13-29/h4-7,12-13,16-17,25-26,30,32,37-39,46-48H,1,8-11,14-15,18-24,27-28H2,2-3H3,(H,43,49)/t30-,32+,37-,38+,39+,42+/m0/s1. The molecular weight excluding hydrogens is 722 g/mol. The molecular formula is C42H57N3O11. The van der Waals surface area contributed by atoms with Crippen molar-refractivity contribution in [1.82, 2.24) is 10.2 Å². The van der Waals surface area contributed by atoms with Gasteiger partial charge in [0.25, 0.3) is 0 Å². The maximum atomic E-state index is 13.7. The van der Waals surface area contributed by atoms with Crippen molar-refractivity contribution in [3.8, 4) is 11.5 Å². The second-order valence-corrected chi connectivity index (χ2v) is 14.2. The van der Waals surface area contributed by atoms with E-state index in [4.69, 9.17) is 28.5 Å². The van der Waals surface area contributed by atoms with Crippen molar-refractivity contribution in [2.24, 2.45) is 22.9 Å². The molecule has 0 saturated heterocycles. The van der Waals surface area contributed by atoms with Gasteiger partial charge in [-0.05, 0) is 66.9 Å². The van der Waals surface area contributed by atoms with Gasteiger partial charge >= 0.3 is 12.2 Å². The lowest BCUT2D eigenvalue weighted by atomic mass is 9.55. The summed E-state index contributed by atoms with van der Waals surface area (Å²) in [7, 11) is 2.79. The third-order valence-corrected chi connectivity index (χ3v) is 10.8. The number of oxime groups is 1. The van der Waals surface area contributed by atoms with E-state index < -0.39 is 29.9 Å². The molecule has 0 spiro atoms. The Hall–Kier alpha value is -4.47. The van der Waals surface area contributed by atoms with Crippen molar-refractivity contribution < 1.29 is 53.4 Å². The average Bonchev–Trinajstić information content (AvgIpc) is 3.21. The number of hydrogen-bond acceptors (Lipinski definition) is 12. The summed E-state index contributed by atoms with van der Waals surface area (Å²) in [5, 5.41) is 36.3. The number of ether oxygens (including phenoxy) is 5. The highest BCUT2D eigenvalue weighted by atomic mass is 16.7. The molecule has 1 saturated carbocycles. The molecule has 2 amide bonds. The predicted octanol–water partition coefficient (Wildman–Crippen LogP) is 5.32. The van der Waals surface area contributed by atoms with Crippen LogP contribution in [0.15, 0.2) is 78.0 Å². The van der Waals surface area contributed by atoms with Gasteiger partial charge in [0, 0.05) is 44.2 Å². The molecule has 56 heavy (non-hydrogen) atoms. The number of carbonyl (C=O) groups is 2. The zero-order valence-corrected chi connectivity index (χ0v) is 32.5. The van der Waals surface area contributed by atoms with Crippen LogP contribution in [-0.2, 0) is 25.6 Å². The molecule has 0 aromatic heterocycles. The van der Waals surface area contributed by atoms with Gasteiger partial charge in [-0.1, -0.05) is 60.5 Å². The summed E-state index contributed by atoms with van der Waals surface area (Å²) in [5.74, 6) is -1.51. The topological polar surface area (TPSA) is 178 Å². The highest BCUT2D eigenvalue weighted by Gasteiger charge is 2.65. The quantitative estimate of drug-likeness (QED) is 0.0733. The molecule has 0 radical (unpaired) electrons. The first-order valence-corrected chi connectivity index (χ1v) is 19.5. The van der Waals surface area contributed by atoms with E-state index in [1.807, 2.05) is 36.4 Å². The van der Waals surface area contributed by atoms with Crippen LogP contribution in [0.3, 0.4) is 0 Å². The fraction of sp³-hybridized carbons (Fsp3) is 0.548. The Morgan fingerprint density at radius 2 is 1.79 bits per heavy atom. The van der Waals surface area contributed by atoms with Gasteiger partial charge in [0.2, 0.25) is 5.79 Å². The van der Waals surface area contributed by atoms with Crippen molar-refractivity contribution >= 4 is 17.9 Å². The normalized spacial score (nSPS) is 24.2. The first-order chi connectivity index (χ1) is 27.3. The van der Waals surface area contributed by atoms with Gasteiger partial charge < -0.3 is 49.2 Å². The molecule has 3 aliphatic rings. The number of nitrogens with zero attached hydrogens (tertiary/aromatic N) is 2. The van der Waals surface area contributed by atoms with E-state index in [0.29, 0.717) is 36.6 Å². The molecule has 5 rings (SSSR count). The molecule has 0 unspecified atom stereocenters. The first-order valence-electron chi connectivity index (χ1n) is 19.5. The fourth-order valence-corrected chi connectivity index (χ4v) is 8.56. The number of carbonyl (C=O) groups excluding carboxylic acids is 2. The van der Waals surface area contributed by atoms with E-state index >= 15 is 0 Å². The van der Waals surface area contributed by atoms with E-state index in [-0.39, 0.29) is 70.4 Å². The van der Waals surface area contributed by atoms with Crippen molar-refractivity contribution in [2.45, 2.75) is 69.2 Å². The van der Waals surface area contributed by atoms with E-state index in [0.717, 1.165) is 42.4 Å². The smallest absolute Gasteiger partial charge is 0.412 e. The highest BCUT2D eigenvalue weighted by Crippen LogP contribution is 2.62. The third-order valence-electron chi connectivity index (χ3n) is 10.8. The number of rotatable bonds is 21. The molecule has 306 valence electrons. The average molecular weight is 780 g/mol. The summed E-state index contributed by atoms with van der Waals surface area (Å²) >= 11 is 0. The molecule has 1 aliphatic heterocycles. The first kappa shape index (κ1) is 42.7. The molecule has 1 heterocycles. The largest absolute Gasteiger partial charge is 0.459 e. The number of aliphatic hydroxyl groups excluding tert-OH is 3. The van der Waals surface area contributed by atoms with Gasteiger partial charge in [0.1, 0.15) is 24.7 Å². The Kier molecular flexibility index (Phi) is 16.1. The zero-order valence-electron chi connectivity index (χ0n) is 32.5. The lowest BCUT2D eigenvalue weighted by Crippen LogP contribution is -2.70. The van der Waals surface area contributed by atoms with Crippen LogP contribution in [0.2, 0.25) is 0 Å². The van der Waals surface area contributed by atoms with E-state index in [9.17, 15) is 24.9 Å². The summed E-state index contributed by atoms with van der Waals surface area (Å²) < 4.78 is 30.8. The van der Waals surface area contributed by atoms with Gasteiger partial charge in [-0.25, -0.2) is 9.59 Å². The van der Waals surface area contributed by atoms with E-state index in [1.54, 1.807) is 18.2 Å². The molecule has 6 atom stereocenters. The fourth-order valence-electron chi connectivity index (χ4n) is 8.56. The van der Waals surface area contributed by atoms with Crippen LogP contribution in [0, 0.1) is 17.8 Å². The summed E-state index contributed by atoms with van der Waals surface area (Å²) in [4.78, 5) is 33.8. The minimum atomic E-state index is -1.49. The number of aliphatic hydroxyl groups is 3. The summed E-state index contributed by atoms with van der Waals surface area (Å²) in [6.07, 6.45) is 7.15. The number of nitrogens with one attached hydrogen (secondary N) is 1. The van der Waals surface area contributed by atoms with Crippen LogP contribution in [-0.4, -0.2) is 110 Å². The van der Waals surface area contributed by atoms with Gasteiger partial charge in [0.05, 0.1) is 45.2 Å². The third kappa shape index (κ3) is 9.90. The summed E-state index contributed by atoms with van der Waals surface area (Å²) in [6, 6.07) is 14.1. The zero-order chi connectivity index (χ0) is 39.9. The minimum absolute atomic E-state index is 0.0208. The molecule has 4 N–H and O–H groups in total. The lowest BCUT2D eigenvalue weighted by Gasteiger charge is -2.59. The lowest BCUT2D eigenvalue weighted by molar-refractivity contribution is -0.255. The number of amides is 2. The SMILES string of the molecule is C=CCO[C@@]12Oc3ccc(OC(=O)NCc4ccccc4)cc3[C@H]3[C@H](CCCCO)[C@@H](CCCCO)C=C(C(=NOC)C[C@@H]1N(CCOCCO)C(=O)OC)[C@H]32. The molecule has 1 fully saturated rings. The maximum Gasteiger partial charge on any atom is 0.412 e. The van der Waals surface area contributed by atoms with Crippen molar-refractivity contribution in [2.75, 3.05) is 60.4 Å². The van der Waals surface area contributed by atoms with Crippen LogP contribution in [0.4, 0.5) is 9.59 Å². The number of benzene rings is 2. The molecule has 2 aliphatic carbocycles. The second kappa shape index (κ2) is 21.2. The Morgan fingerprint density at radius 3 is 2.48 bits per heavy atom. The highest BCUT2D eigenvalue weighted by molar-refractivity contribution is 6.03. The predicted molar refractivity (Wildman–Crippen MR) is 208 cm³/mol. The van der Waals surface area contributed by atoms with E-state index in [2.05, 4.69) is 23.1 Å². The van der Waals surface area contributed by atoms with Crippen molar-refractivity contribution in [1.29, 1.82) is 0 Å².